The Morgan fingerprint density at radius 3 is 2.56 bits per heavy atom. The highest BCUT2D eigenvalue weighted by Gasteiger charge is 2.42. The Morgan fingerprint density at radius 1 is 1.30 bits per heavy atom. The summed E-state index contributed by atoms with van der Waals surface area (Å²) in [5.74, 6) is -0.528. The predicted octanol–water partition coefficient (Wildman–Crippen LogP) is 1.08. The van der Waals surface area contributed by atoms with Gasteiger partial charge in [0.2, 0.25) is 5.95 Å². The number of ether oxygens (including phenoxy) is 1. The number of aromatic nitrogens is 4. The molecule has 0 bridgehead atoms. The molecule has 4 heterocycles. The Hall–Kier alpha value is -2.40. The van der Waals surface area contributed by atoms with E-state index in [1.165, 1.54) is 11.1 Å². The van der Waals surface area contributed by atoms with Crippen LogP contribution in [0.2, 0.25) is 0 Å². The van der Waals surface area contributed by atoms with Crippen molar-refractivity contribution in [2.75, 3.05) is 31.6 Å². The molecule has 0 aromatic carbocycles. The van der Waals surface area contributed by atoms with Gasteiger partial charge < -0.3 is 20.1 Å². The van der Waals surface area contributed by atoms with Crippen LogP contribution in [0.5, 0.6) is 5.75 Å². The van der Waals surface area contributed by atoms with Gasteiger partial charge in [-0.2, -0.15) is 18.3 Å². The molecule has 4 rings (SSSR count). The van der Waals surface area contributed by atoms with E-state index < -0.39 is 23.7 Å². The summed E-state index contributed by atoms with van der Waals surface area (Å²) in [6.45, 7) is 3.39. The average Bonchev–Trinajstić information content (AvgIpc) is 3.05. The molecule has 2 fully saturated rings. The Balaban J connectivity index is 1.82. The van der Waals surface area contributed by atoms with Gasteiger partial charge in [-0.05, 0) is 6.92 Å². The average molecular weight is 384 g/mol. The van der Waals surface area contributed by atoms with Gasteiger partial charge in [0.05, 0.1) is 31.5 Å². The summed E-state index contributed by atoms with van der Waals surface area (Å²) in [6, 6.07) is -0.199. The van der Waals surface area contributed by atoms with Crippen LogP contribution in [0.3, 0.4) is 0 Å². The van der Waals surface area contributed by atoms with E-state index in [1.807, 2.05) is 0 Å². The molecule has 2 aromatic heterocycles. The molecule has 0 saturated carbocycles. The first-order valence-corrected chi connectivity index (χ1v) is 8.52. The van der Waals surface area contributed by atoms with Crippen molar-refractivity contribution in [2.24, 2.45) is 0 Å². The van der Waals surface area contributed by atoms with Gasteiger partial charge in [-0.1, -0.05) is 0 Å². The molecule has 2 aliphatic heterocycles. The molecule has 0 unspecified atom stereocenters. The molecular formula is C16H19F3N6O2. The topological polar surface area (TPSA) is 88.3 Å². The third kappa shape index (κ3) is 3.00. The largest absolute Gasteiger partial charge is 0.492 e. The van der Waals surface area contributed by atoms with Crippen molar-refractivity contribution in [1.29, 1.82) is 0 Å². The van der Waals surface area contributed by atoms with E-state index in [4.69, 9.17) is 4.74 Å². The highest BCUT2D eigenvalue weighted by Crippen LogP contribution is 2.42. The summed E-state index contributed by atoms with van der Waals surface area (Å²) < 4.78 is 47.5. The molecule has 27 heavy (non-hydrogen) atoms. The van der Waals surface area contributed by atoms with Gasteiger partial charge in [0, 0.05) is 31.4 Å². The third-order valence-corrected chi connectivity index (χ3v) is 5.02. The zero-order valence-electron chi connectivity index (χ0n) is 14.7. The minimum Gasteiger partial charge on any atom is -0.492 e. The second kappa shape index (κ2) is 6.34. The van der Waals surface area contributed by atoms with Crippen molar-refractivity contribution < 1.29 is 23.0 Å². The van der Waals surface area contributed by atoms with Crippen LogP contribution < -0.4 is 15.0 Å². The standard InChI is InChI=1S/C16H19F3N6O2/c1-8-11(26)7-24(8)15-22-12(13(27-2)14(23-15)16(17,18)19)9-3-21-25(6-9)10-4-20-5-10/h3,6,8,10-11,20,26H,4-5,7H2,1-2H3/t8-,11+/m0/s1. The fraction of sp³-hybridized carbons (Fsp3) is 0.562. The fourth-order valence-electron chi connectivity index (χ4n) is 3.12. The number of aliphatic hydroxyl groups excluding tert-OH is 1. The number of halogens is 3. The first-order chi connectivity index (χ1) is 12.8. The van der Waals surface area contributed by atoms with Gasteiger partial charge in [0.1, 0.15) is 5.69 Å². The zero-order valence-corrected chi connectivity index (χ0v) is 14.7. The number of hydrogen-bond donors (Lipinski definition) is 2. The van der Waals surface area contributed by atoms with Crippen LogP contribution in [-0.2, 0) is 6.18 Å². The lowest BCUT2D eigenvalue weighted by molar-refractivity contribution is -0.142. The molecule has 0 amide bonds. The lowest BCUT2D eigenvalue weighted by Crippen LogP contribution is -2.59. The lowest BCUT2D eigenvalue weighted by Gasteiger charge is -2.43. The molecule has 11 heteroatoms. The summed E-state index contributed by atoms with van der Waals surface area (Å²) in [7, 11) is 1.16. The smallest absolute Gasteiger partial charge is 0.437 e. The number of β-amino-alcohol motifs (C(OH)–C–C–N with tert-alkyl or cyclic N) is 1. The summed E-state index contributed by atoms with van der Waals surface area (Å²) in [5.41, 5.74) is -0.694. The van der Waals surface area contributed by atoms with Crippen LogP contribution in [-0.4, -0.2) is 63.7 Å². The van der Waals surface area contributed by atoms with Gasteiger partial charge in [-0.15, -0.1) is 0 Å². The number of anilines is 1. The van der Waals surface area contributed by atoms with Crippen molar-refractivity contribution in [2.45, 2.75) is 31.3 Å². The predicted molar refractivity (Wildman–Crippen MR) is 89.5 cm³/mol. The molecule has 0 spiro atoms. The van der Waals surface area contributed by atoms with Gasteiger partial charge >= 0.3 is 6.18 Å². The number of aliphatic hydroxyl groups is 1. The van der Waals surface area contributed by atoms with Crippen LogP contribution >= 0.6 is 0 Å². The Morgan fingerprint density at radius 2 is 2.04 bits per heavy atom. The maximum absolute atomic E-state index is 13.6. The third-order valence-electron chi connectivity index (χ3n) is 5.02. The number of nitrogens with one attached hydrogen (secondary N) is 1. The van der Waals surface area contributed by atoms with E-state index in [-0.39, 0.29) is 30.3 Å². The first kappa shape index (κ1) is 18.0. The Labute approximate surface area is 153 Å². The lowest BCUT2D eigenvalue weighted by atomic mass is 10.0. The Bertz CT molecular complexity index is 851. The SMILES string of the molecule is COc1c(-c2cnn(C3CNC3)c2)nc(N2C[C@@H](O)[C@@H]2C)nc1C(F)(F)F. The number of methoxy groups -OCH3 is 1. The first-order valence-electron chi connectivity index (χ1n) is 8.52. The van der Waals surface area contributed by atoms with E-state index in [2.05, 4.69) is 20.4 Å². The summed E-state index contributed by atoms with van der Waals surface area (Å²) in [6.07, 6.45) is -2.20. The number of hydrogen-bond acceptors (Lipinski definition) is 7. The summed E-state index contributed by atoms with van der Waals surface area (Å²) in [4.78, 5) is 9.55. The van der Waals surface area contributed by atoms with Crippen LogP contribution in [0, 0.1) is 0 Å². The van der Waals surface area contributed by atoms with Crippen molar-refractivity contribution in [1.82, 2.24) is 25.1 Å². The highest BCUT2D eigenvalue weighted by atomic mass is 19.4. The molecule has 2 aliphatic rings. The molecule has 8 nitrogen and oxygen atoms in total. The molecule has 2 saturated heterocycles. The monoisotopic (exact) mass is 384 g/mol. The minimum absolute atomic E-state index is 0.0296. The number of rotatable bonds is 4. The van der Waals surface area contributed by atoms with E-state index in [1.54, 1.807) is 17.8 Å². The van der Waals surface area contributed by atoms with Crippen molar-refractivity contribution in [3.63, 3.8) is 0 Å². The van der Waals surface area contributed by atoms with E-state index in [9.17, 15) is 18.3 Å². The van der Waals surface area contributed by atoms with Crippen LogP contribution in [0.15, 0.2) is 12.4 Å². The van der Waals surface area contributed by atoms with Gasteiger partial charge in [0.25, 0.3) is 0 Å². The molecule has 146 valence electrons. The number of nitrogens with zero attached hydrogens (tertiary/aromatic N) is 5. The second-order valence-electron chi connectivity index (χ2n) is 6.73. The summed E-state index contributed by atoms with van der Waals surface area (Å²) >= 11 is 0. The van der Waals surface area contributed by atoms with Crippen LogP contribution in [0.1, 0.15) is 18.7 Å². The van der Waals surface area contributed by atoms with Crippen molar-refractivity contribution in [3.8, 4) is 17.0 Å². The minimum atomic E-state index is -4.71. The van der Waals surface area contributed by atoms with E-state index in [0.29, 0.717) is 5.56 Å². The highest BCUT2D eigenvalue weighted by molar-refractivity contribution is 5.68. The molecule has 2 atom stereocenters. The van der Waals surface area contributed by atoms with E-state index >= 15 is 0 Å². The maximum Gasteiger partial charge on any atom is 0.437 e. The van der Waals surface area contributed by atoms with Gasteiger partial charge in [0.15, 0.2) is 11.4 Å². The van der Waals surface area contributed by atoms with Crippen molar-refractivity contribution in [3.05, 3.63) is 18.1 Å². The van der Waals surface area contributed by atoms with E-state index in [0.717, 1.165) is 20.2 Å². The second-order valence-corrected chi connectivity index (χ2v) is 6.73. The van der Waals surface area contributed by atoms with Crippen LogP contribution in [0.25, 0.3) is 11.3 Å². The zero-order chi connectivity index (χ0) is 19.3. The van der Waals surface area contributed by atoms with Gasteiger partial charge in [-0.3, -0.25) is 4.68 Å². The summed E-state index contributed by atoms with van der Waals surface area (Å²) in [5, 5.41) is 17.1. The van der Waals surface area contributed by atoms with Crippen LogP contribution in [0.4, 0.5) is 19.1 Å². The fourth-order valence-corrected chi connectivity index (χ4v) is 3.12. The molecule has 2 aromatic rings. The quantitative estimate of drug-likeness (QED) is 0.816. The number of alkyl halides is 3. The maximum atomic E-state index is 13.6. The molecule has 0 radical (unpaired) electrons. The molecular weight excluding hydrogens is 365 g/mol. The normalized spacial score (nSPS) is 23.1. The van der Waals surface area contributed by atoms with Crippen molar-refractivity contribution >= 4 is 5.95 Å². The molecule has 2 N–H and O–H groups in total. The molecule has 0 aliphatic carbocycles. The van der Waals surface area contributed by atoms with Gasteiger partial charge in [-0.25, -0.2) is 9.97 Å². The Kier molecular flexibility index (Phi) is 4.22.